The quantitative estimate of drug-likeness (QED) is 0.815. The lowest BCUT2D eigenvalue weighted by Crippen LogP contribution is -2.43. The van der Waals surface area contributed by atoms with Crippen LogP contribution in [0.25, 0.3) is 0 Å². The maximum Gasteiger partial charge on any atom is 0.421 e. The molecule has 8 nitrogen and oxygen atoms in total. The Morgan fingerprint density at radius 3 is 2.04 bits per heavy atom. The first kappa shape index (κ1) is 19.5. The van der Waals surface area contributed by atoms with Crippen molar-refractivity contribution >= 4 is 22.2 Å². The maximum absolute atomic E-state index is 12.2. The van der Waals surface area contributed by atoms with Crippen LogP contribution in [0.4, 0.5) is 9.59 Å². The number of likely N-dealkylation sites (tertiary alicyclic amines) is 1. The number of hydrogen-bond donors (Lipinski definition) is 1. The highest BCUT2D eigenvalue weighted by molar-refractivity contribution is 7.90. The number of carbonyl (C=O) groups excluding carboxylic acids is 2. The van der Waals surface area contributed by atoms with Gasteiger partial charge in [-0.3, -0.25) is 0 Å². The van der Waals surface area contributed by atoms with E-state index in [1.807, 2.05) is 4.72 Å². The third kappa shape index (κ3) is 6.64. The second-order valence-electron chi connectivity index (χ2n) is 7.49. The molecule has 134 valence electrons. The molecule has 1 aliphatic heterocycles. The minimum Gasteiger partial charge on any atom is -0.444 e. The molecule has 1 unspecified atom stereocenters. The number of nitrogens with zero attached hydrogens (tertiary/aromatic N) is 1. The smallest absolute Gasteiger partial charge is 0.421 e. The van der Waals surface area contributed by atoms with E-state index in [0.717, 1.165) is 0 Å². The highest BCUT2D eigenvalue weighted by Crippen LogP contribution is 2.19. The Labute approximate surface area is 137 Å². The lowest BCUT2D eigenvalue weighted by Gasteiger charge is -2.24. The summed E-state index contributed by atoms with van der Waals surface area (Å²) in [5, 5.41) is -0.873. The first-order valence-electron chi connectivity index (χ1n) is 7.42. The largest absolute Gasteiger partial charge is 0.444 e. The van der Waals surface area contributed by atoms with Crippen molar-refractivity contribution in [2.75, 3.05) is 13.1 Å². The van der Waals surface area contributed by atoms with Gasteiger partial charge in [-0.2, -0.15) is 0 Å². The van der Waals surface area contributed by atoms with Crippen LogP contribution >= 0.6 is 0 Å². The summed E-state index contributed by atoms with van der Waals surface area (Å²) in [6.07, 6.45) is -1.35. The van der Waals surface area contributed by atoms with E-state index in [2.05, 4.69) is 0 Å². The minimum atomic E-state index is -3.92. The average molecular weight is 350 g/mol. The van der Waals surface area contributed by atoms with Crippen molar-refractivity contribution < 1.29 is 27.5 Å². The second-order valence-corrected chi connectivity index (χ2v) is 9.45. The topological polar surface area (TPSA) is 102 Å². The molecule has 0 bridgehead atoms. The Balaban J connectivity index is 2.64. The van der Waals surface area contributed by atoms with Gasteiger partial charge in [0.2, 0.25) is 10.0 Å². The number of rotatable bonds is 2. The molecule has 0 aromatic heterocycles. The van der Waals surface area contributed by atoms with Crippen LogP contribution in [-0.4, -0.2) is 55.0 Å². The molecular weight excluding hydrogens is 324 g/mol. The fourth-order valence-electron chi connectivity index (χ4n) is 1.97. The molecule has 1 aliphatic rings. The summed E-state index contributed by atoms with van der Waals surface area (Å²) in [6.45, 7) is 10.4. The highest BCUT2D eigenvalue weighted by Gasteiger charge is 2.38. The van der Waals surface area contributed by atoms with Crippen molar-refractivity contribution in [3.63, 3.8) is 0 Å². The zero-order chi connectivity index (χ0) is 18.1. The number of carbonyl (C=O) groups is 2. The van der Waals surface area contributed by atoms with Crippen LogP contribution in [0.15, 0.2) is 0 Å². The fraction of sp³-hybridized carbons (Fsp3) is 0.857. The van der Waals surface area contributed by atoms with Crippen LogP contribution in [0.2, 0.25) is 0 Å². The van der Waals surface area contributed by atoms with Crippen molar-refractivity contribution in [1.82, 2.24) is 9.62 Å². The highest BCUT2D eigenvalue weighted by atomic mass is 32.2. The van der Waals surface area contributed by atoms with Crippen molar-refractivity contribution in [2.45, 2.75) is 64.4 Å². The molecule has 1 fully saturated rings. The predicted octanol–water partition coefficient (Wildman–Crippen LogP) is 1.85. The number of hydrogen-bond acceptors (Lipinski definition) is 6. The molecule has 1 saturated heterocycles. The van der Waals surface area contributed by atoms with Crippen molar-refractivity contribution in [3.05, 3.63) is 0 Å². The monoisotopic (exact) mass is 350 g/mol. The lowest BCUT2D eigenvalue weighted by atomic mass is 10.2. The third-order valence-electron chi connectivity index (χ3n) is 2.86. The standard InChI is InChI=1S/C14H26N2O6S/c1-13(2,3)21-11(17)15-23(19,20)10-7-8-16(9-10)12(18)22-14(4,5)6/h10H,7-9H2,1-6H3,(H,15,17). The molecule has 0 spiro atoms. The summed E-state index contributed by atoms with van der Waals surface area (Å²) in [5.74, 6) is 0. The molecule has 0 aromatic carbocycles. The number of sulfonamides is 1. The molecule has 0 radical (unpaired) electrons. The van der Waals surface area contributed by atoms with Gasteiger partial charge in [0, 0.05) is 13.1 Å². The SMILES string of the molecule is CC(C)(C)OC(=O)NS(=O)(=O)C1CCN(C(=O)OC(C)(C)C)C1. The summed E-state index contributed by atoms with van der Waals surface area (Å²) in [7, 11) is -3.92. The Morgan fingerprint density at radius 1 is 1.04 bits per heavy atom. The molecule has 0 aliphatic carbocycles. The van der Waals surface area contributed by atoms with Gasteiger partial charge in [0.15, 0.2) is 0 Å². The zero-order valence-electron chi connectivity index (χ0n) is 14.5. The molecule has 23 heavy (non-hydrogen) atoms. The summed E-state index contributed by atoms with van der Waals surface area (Å²) in [5.41, 5.74) is -1.44. The van der Waals surface area contributed by atoms with Gasteiger partial charge in [-0.25, -0.2) is 22.7 Å². The van der Waals surface area contributed by atoms with E-state index in [4.69, 9.17) is 9.47 Å². The van der Waals surface area contributed by atoms with Crippen molar-refractivity contribution in [1.29, 1.82) is 0 Å². The Bertz CT molecular complexity index is 559. The summed E-state index contributed by atoms with van der Waals surface area (Å²) >= 11 is 0. The molecule has 1 atom stereocenters. The van der Waals surface area contributed by atoms with Gasteiger partial charge in [0.25, 0.3) is 0 Å². The molecular formula is C14H26N2O6S. The fourth-order valence-corrected chi connectivity index (χ4v) is 3.20. The van der Waals surface area contributed by atoms with E-state index in [-0.39, 0.29) is 19.5 Å². The molecule has 1 heterocycles. The Kier molecular flexibility index (Phi) is 5.56. The van der Waals surface area contributed by atoms with E-state index in [0.29, 0.717) is 0 Å². The van der Waals surface area contributed by atoms with E-state index in [9.17, 15) is 18.0 Å². The molecule has 1 N–H and O–H groups in total. The van der Waals surface area contributed by atoms with Gasteiger partial charge in [-0.15, -0.1) is 0 Å². The summed E-state index contributed by atoms with van der Waals surface area (Å²) in [6, 6.07) is 0. The Morgan fingerprint density at radius 2 is 1.57 bits per heavy atom. The molecule has 1 rings (SSSR count). The normalized spacial score (nSPS) is 19.4. The van der Waals surface area contributed by atoms with Gasteiger partial charge in [0.1, 0.15) is 11.2 Å². The van der Waals surface area contributed by atoms with Crippen LogP contribution in [0.3, 0.4) is 0 Å². The zero-order valence-corrected chi connectivity index (χ0v) is 15.3. The number of ether oxygens (including phenoxy) is 2. The first-order chi connectivity index (χ1) is 10.2. The van der Waals surface area contributed by atoms with E-state index in [1.54, 1.807) is 41.5 Å². The van der Waals surface area contributed by atoms with Crippen LogP contribution in [0.5, 0.6) is 0 Å². The number of nitrogens with one attached hydrogen (secondary N) is 1. The van der Waals surface area contributed by atoms with Gasteiger partial charge in [0.05, 0.1) is 5.25 Å². The van der Waals surface area contributed by atoms with Crippen LogP contribution in [-0.2, 0) is 19.5 Å². The molecule has 2 amide bonds. The predicted molar refractivity (Wildman–Crippen MR) is 84.5 cm³/mol. The van der Waals surface area contributed by atoms with E-state index in [1.165, 1.54) is 4.90 Å². The van der Waals surface area contributed by atoms with Crippen LogP contribution in [0, 0.1) is 0 Å². The van der Waals surface area contributed by atoms with E-state index >= 15 is 0 Å². The summed E-state index contributed by atoms with van der Waals surface area (Å²) < 4.78 is 36.4. The minimum absolute atomic E-state index is 0.0208. The van der Waals surface area contributed by atoms with E-state index < -0.39 is 38.7 Å². The van der Waals surface area contributed by atoms with Crippen LogP contribution in [0.1, 0.15) is 48.0 Å². The lowest BCUT2D eigenvalue weighted by molar-refractivity contribution is 0.0295. The van der Waals surface area contributed by atoms with Gasteiger partial charge < -0.3 is 14.4 Å². The average Bonchev–Trinajstić information content (AvgIpc) is 2.71. The van der Waals surface area contributed by atoms with Crippen molar-refractivity contribution in [2.24, 2.45) is 0 Å². The van der Waals surface area contributed by atoms with Crippen molar-refractivity contribution in [3.8, 4) is 0 Å². The molecule has 0 saturated carbocycles. The van der Waals surface area contributed by atoms with Crippen LogP contribution < -0.4 is 4.72 Å². The van der Waals surface area contributed by atoms with Gasteiger partial charge in [-0.1, -0.05) is 0 Å². The maximum atomic E-state index is 12.2. The molecule has 9 heteroatoms. The van der Waals surface area contributed by atoms with Gasteiger partial charge in [-0.05, 0) is 48.0 Å². The van der Waals surface area contributed by atoms with Gasteiger partial charge >= 0.3 is 12.2 Å². The third-order valence-corrected chi connectivity index (χ3v) is 4.57. The summed E-state index contributed by atoms with van der Waals surface area (Å²) in [4.78, 5) is 24.9. The second kappa shape index (κ2) is 6.54. The number of amides is 2. The Hall–Kier alpha value is -1.51. The first-order valence-corrected chi connectivity index (χ1v) is 8.97. The molecule has 0 aromatic rings.